The Morgan fingerprint density at radius 3 is 2.86 bits per heavy atom. The van der Waals surface area contributed by atoms with E-state index in [2.05, 4.69) is 33.1 Å². The molecule has 1 N–H and O–H groups in total. The average Bonchev–Trinajstić information content (AvgIpc) is 2.11. The third-order valence-corrected chi connectivity index (χ3v) is 2.05. The molecule has 0 spiro atoms. The Morgan fingerprint density at radius 2 is 2.21 bits per heavy atom. The zero-order valence-corrected chi connectivity index (χ0v) is 9.49. The molecule has 1 aromatic carbocycles. The van der Waals surface area contributed by atoms with Crippen LogP contribution in [0.2, 0.25) is 0 Å². The van der Waals surface area contributed by atoms with Crippen molar-refractivity contribution < 1.29 is 4.39 Å². The molecule has 1 rings (SSSR count). The highest BCUT2D eigenvalue weighted by molar-refractivity contribution is 9.10. The molecule has 0 amide bonds. The molecule has 0 bridgehead atoms. The van der Waals surface area contributed by atoms with Gasteiger partial charge in [0.05, 0.1) is 0 Å². The highest BCUT2D eigenvalue weighted by Gasteiger charge is 1.95. The molecule has 0 aliphatic heterocycles. The van der Waals surface area contributed by atoms with Crippen LogP contribution in [0.5, 0.6) is 0 Å². The molecule has 0 radical (unpaired) electrons. The van der Waals surface area contributed by atoms with Crippen molar-refractivity contribution in [1.82, 2.24) is 5.32 Å². The normalized spacial score (nSPS) is 9.36. The van der Waals surface area contributed by atoms with Crippen LogP contribution in [0.25, 0.3) is 0 Å². The largest absolute Gasteiger partial charge is 0.319 e. The minimum atomic E-state index is -0.266. The van der Waals surface area contributed by atoms with Crippen LogP contribution >= 0.6 is 15.9 Å². The van der Waals surface area contributed by atoms with Gasteiger partial charge in [0, 0.05) is 23.0 Å². The molecule has 1 aromatic rings. The van der Waals surface area contributed by atoms with Gasteiger partial charge in [0.1, 0.15) is 5.82 Å². The fraction of sp³-hybridized carbons (Fsp3) is 0.273. The van der Waals surface area contributed by atoms with Crippen molar-refractivity contribution in [1.29, 1.82) is 0 Å². The number of rotatable bonds is 2. The molecule has 3 heteroatoms. The minimum absolute atomic E-state index is 0.266. The summed E-state index contributed by atoms with van der Waals surface area (Å²) < 4.78 is 13.6. The van der Waals surface area contributed by atoms with E-state index in [1.54, 1.807) is 6.07 Å². The third kappa shape index (κ3) is 3.91. The Balaban J connectivity index is 2.69. The molecule has 0 unspecified atom stereocenters. The van der Waals surface area contributed by atoms with Gasteiger partial charge in [0.2, 0.25) is 0 Å². The van der Waals surface area contributed by atoms with Gasteiger partial charge in [-0.15, -0.1) is 0 Å². The van der Waals surface area contributed by atoms with Crippen LogP contribution in [-0.2, 0) is 0 Å². The van der Waals surface area contributed by atoms with Crippen LogP contribution in [0, 0.1) is 17.7 Å². The van der Waals surface area contributed by atoms with Crippen molar-refractivity contribution in [3.05, 3.63) is 34.1 Å². The lowest BCUT2D eigenvalue weighted by molar-refractivity contribution is 0.626. The van der Waals surface area contributed by atoms with Crippen LogP contribution in [0.1, 0.15) is 12.0 Å². The molecule has 0 aromatic heterocycles. The Hall–Kier alpha value is -0.850. The van der Waals surface area contributed by atoms with Gasteiger partial charge in [-0.3, -0.25) is 0 Å². The summed E-state index contributed by atoms with van der Waals surface area (Å²) in [6.45, 7) is 0.851. The molecule has 0 saturated heterocycles. The van der Waals surface area contributed by atoms with Crippen molar-refractivity contribution in [2.45, 2.75) is 6.42 Å². The second kappa shape index (κ2) is 5.79. The van der Waals surface area contributed by atoms with E-state index in [0.29, 0.717) is 5.56 Å². The van der Waals surface area contributed by atoms with E-state index in [1.165, 1.54) is 12.1 Å². The summed E-state index contributed by atoms with van der Waals surface area (Å²) >= 11 is 3.22. The minimum Gasteiger partial charge on any atom is -0.319 e. The van der Waals surface area contributed by atoms with E-state index in [1.807, 2.05) is 7.05 Å². The van der Waals surface area contributed by atoms with Gasteiger partial charge in [0.15, 0.2) is 0 Å². The molecule has 0 heterocycles. The molecule has 0 aliphatic carbocycles. The summed E-state index contributed by atoms with van der Waals surface area (Å²) in [5.41, 5.74) is 0.702. The molecule has 74 valence electrons. The van der Waals surface area contributed by atoms with Gasteiger partial charge >= 0.3 is 0 Å². The molecule has 0 atom stereocenters. The molecule has 0 fully saturated rings. The molecule has 0 saturated carbocycles. The average molecular weight is 256 g/mol. The quantitative estimate of drug-likeness (QED) is 0.633. The van der Waals surface area contributed by atoms with E-state index < -0.39 is 0 Å². The Bertz CT molecular complexity index is 345. The molecular weight excluding hydrogens is 245 g/mol. The van der Waals surface area contributed by atoms with Crippen molar-refractivity contribution >= 4 is 15.9 Å². The Kier molecular flexibility index (Phi) is 4.64. The molecular formula is C11H11BrFN. The first-order chi connectivity index (χ1) is 6.72. The van der Waals surface area contributed by atoms with Crippen LogP contribution in [0.3, 0.4) is 0 Å². The van der Waals surface area contributed by atoms with E-state index >= 15 is 0 Å². The number of benzene rings is 1. The topological polar surface area (TPSA) is 12.0 Å². The summed E-state index contributed by atoms with van der Waals surface area (Å²) in [5.74, 6) is 5.59. The fourth-order valence-electron chi connectivity index (χ4n) is 0.978. The highest BCUT2D eigenvalue weighted by atomic mass is 79.9. The first-order valence-electron chi connectivity index (χ1n) is 4.32. The maximum atomic E-state index is 12.9. The van der Waals surface area contributed by atoms with Crippen molar-refractivity contribution in [2.75, 3.05) is 13.6 Å². The summed E-state index contributed by atoms with van der Waals surface area (Å²) in [6, 6.07) is 4.64. The van der Waals surface area contributed by atoms with Gasteiger partial charge in [0.25, 0.3) is 0 Å². The van der Waals surface area contributed by atoms with Crippen LogP contribution < -0.4 is 5.32 Å². The molecule has 1 nitrogen and oxygen atoms in total. The predicted octanol–water partition coefficient (Wildman–Crippen LogP) is 2.55. The third-order valence-electron chi connectivity index (χ3n) is 1.60. The smallest absolute Gasteiger partial charge is 0.125 e. The zero-order chi connectivity index (χ0) is 10.4. The number of nitrogens with one attached hydrogen (secondary N) is 1. The van der Waals surface area contributed by atoms with Crippen LogP contribution in [0.4, 0.5) is 4.39 Å². The molecule has 14 heavy (non-hydrogen) atoms. The van der Waals surface area contributed by atoms with Gasteiger partial charge in [-0.25, -0.2) is 4.39 Å². The van der Waals surface area contributed by atoms with Crippen LogP contribution in [-0.4, -0.2) is 13.6 Å². The first-order valence-corrected chi connectivity index (χ1v) is 5.11. The summed E-state index contributed by atoms with van der Waals surface area (Å²) in [4.78, 5) is 0. The van der Waals surface area contributed by atoms with Crippen molar-refractivity contribution in [3.63, 3.8) is 0 Å². The lowest BCUT2D eigenvalue weighted by atomic mass is 10.2. The standard InChI is InChI=1S/C11H11BrFN/c1-14-5-3-2-4-9-6-10(12)8-11(13)7-9/h6-8,14H,3,5H2,1H3. The maximum absolute atomic E-state index is 12.9. The zero-order valence-electron chi connectivity index (χ0n) is 7.90. The lowest BCUT2D eigenvalue weighted by Gasteiger charge is -1.93. The van der Waals surface area contributed by atoms with Gasteiger partial charge in [-0.2, -0.15) is 0 Å². The van der Waals surface area contributed by atoms with Crippen molar-refractivity contribution in [3.8, 4) is 11.8 Å². The van der Waals surface area contributed by atoms with E-state index in [0.717, 1.165) is 17.4 Å². The molecule has 0 aliphatic rings. The second-order valence-electron chi connectivity index (χ2n) is 2.81. The lowest BCUT2D eigenvalue weighted by Crippen LogP contribution is -2.05. The Labute approximate surface area is 91.8 Å². The monoisotopic (exact) mass is 255 g/mol. The van der Waals surface area contributed by atoms with E-state index in [4.69, 9.17) is 0 Å². The summed E-state index contributed by atoms with van der Waals surface area (Å²) in [6.07, 6.45) is 0.768. The maximum Gasteiger partial charge on any atom is 0.125 e. The number of halogens is 2. The van der Waals surface area contributed by atoms with Gasteiger partial charge in [-0.1, -0.05) is 27.8 Å². The Morgan fingerprint density at radius 1 is 1.43 bits per heavy atom. The first kappa shape index (κ1) is 11.2. The number of hydrogen-bond donors (Lipinski definition) is 1. The highest BCUT2D eigenvalue weighted by Crippen LogP contribution is 2.13. The predicted molar refractivity (Wildman–Crippen MR) is 59.5 cm³/mol. The van der Waals surface area contributed by atoms with Gasteiger partial charge < -0.3 is 5.32 Å². The summed E-state index contributed by atoms with van der Waals surface area (Å²) in [7, 11) is 1.88. The SMILES string of the molecule is CNCCC#Cc1cc(F)cc(Br)c1. The van der Waals surface area contributed by atoms with E-state index in [-0.39, 0.29) is 5.82 Å². The fourth-order valence-corrected chi connectivity index (χ4v) is 1.44. The van der Waals surface area contributed by atoms with Crippen molar-refractivity contribution in [2.24, 2.45) is 0 Å². The number of hydrogen-bond acceptors (Lipinski definition) is 1. The van der Waals surface area contributed by atoms with Gasteiger partial charge in [-0.05, 0) is 25.2 Å². The van der Waals surface area contributed by atoms with Crippen LogP contribution in [0.15, 0.2) is 22.7 Å². The second-order valence-corrected chi connectivity index (χ2v) is 3.73. The summed E-state index contributed by atoms with van der Waals surface area (Å²) in [5, 5.41) is 2.99. The van der Waals surface area contributed by atoms with E-state index in [9.17, 15) is 4.39 Å².